The molecule has 1 aromatic carbocycles. The molecule has 1 aliphatic rings. The van der Waals surface area contributed by atoms with Crippen LogP contribution in [-0.2, 0) is 19.1 Å². The van der Waals surface area contributed by atoms with Crippen LogP contribution in [0.4, 0.5) is 5.69 Å². The SMILES string of the molecule is COCCOCCCNC(=O)C1CC(=O)N(c2cccc(C(C)C)c2)C1. The molecule has 2 rings (SSSR count). The van der Waals surface area contributed by atoms with Gasteiger partial charge in [-0.1, -0.05) is 26.0 Å². The Labute approximate surface area is 155 Å². The molecule has 0 aliphatic carbocycles. The normalized spacial score (nSPS) is 17.2. The zero-order valence-corrected chi connectivity index (χ0v) is 16.0. The second-order valence-corrected chi connectivity index (χ2v) is 6.90. The van der Waals surface area contributed by atoms with Gasteiger partial charge < -0.3 is 19.7 Å². The van der Waals surface area contributed by atoms with Crippen molar-refractivity contribution in [3.8, 4) is 0 Å². The van der Waals surface area contributed by atoms with Crippen molar-refractivity contribution in [2.45, 2.75) is 32.6 Å². The van der Waals surface area contributed by atoms with Gasteiger partial charge in [0.25, 0.3) is 0 Å². The Morgan fingerprint density at radius 3 is 2.85 bits per heavy atom. The molecular weight excluding hydrogens is 332 g/mol. The van der Waals surface area contributed by atoms with E-state index in [1.54, 1.807) is 12.0 Å². The Bertz CT molecular complexity index is 603. The molecule has 1 heterocycles. The van der Waals surface area contributed by atoms with Crippen LogP contribution < -0.4 is 10.2 Å². The first-order valence-electron chi connectivity index (χ1n) is 9.27. The molecule has 1 saturated heterocycles. The Hall–Kier alpha value is -1.92. The standard InChI is InChI=1S/C20H30N2O4/c1-15(2)16-6-4-7-18(12-16)22-14-17(13-19(22)23)20(24)21-8-5-9-26-11-10-25-3/h4,6-7,12,15,17H,5,8-11,13-14H2,1-3H3,(H,21,24). The minimum absolute atomic E-state index is 0.00829. The van der Waals surface area contributed by atoms with Crippen molar-refractivity contribution in [1.82, 2.24) is 5.32 Å². The van der Waals surface area contributed by atoms with Crippen molar-refractivity contribution < 1.29 is 19.1 Å². The van der Waals surface area contributed by atoms with Crippen LogP contribution in [0.15, 0.2) is 24.3 Å². The molecule has 1 fully saturated rings. The average Bonchev–Trinajstić information content (AvgIpc) is 3.03. The van der Waals surface area contributed by atoms with E-state index in [1.807, 2.05) is 18.2 Å². The van der Waals surface area contributed by atoms with Crippen LogP contribution in [-0.4, -0.2) is 51.8 Å². The molecule has 26 heavy (non-hydrogen) atoms. The number of nitrogens with zero attached hydrogens (tertiary/aromatic N) is 1. The predicted molar refractivity (Wildman–Crippen MR) is 101 cm³/mol. The predicted octanol–water partition coefficient (Wildman–Crippen LogP) is 2.33. The van der Waals surface area contributed by atoms with Crippen LogP contribution in [0, 0.1) is 5.92 Å². The molecule has 0 bridgehead atoms. The number of hydrogen-bond donors (Lipinski definition) is 1. The molecule has 1 aliphatic heterocycles. The van der Waals surface area contributed by atoms with Crippen molar-refractivity contribution in [3.05, 3.63) is 29.8 Å². The van der Waals surface area contributed by atoms with Crippen LogP contribution in [0.5, 0.6) is 0 Å². The van der Waals surface area contributed by atoms with Gasteiger partial charge in [0, 0.05) is 38.9 Å². The lowest BCUT2D eigenvalue weighted by Gasteiger charge is -2.18. The summed E-state index contributed by atoms with van der Waals surface area (Å²) in [5.74, 6) is 0.0594. The van der Waals surface area contributed by atoms with Crippen LogP contribution in [0.25, 0.3) is 0 Å². The number of amides is 2. The summed E-state index contributed by atoms with van der Waals surface area (Å²) in [7, 11) is 1.63. The number of ether oxygens (including phenoxy) is 2. The smallest absolute Gasteiger partial charge is 0.227 e. The number of nitrogens with one attached hydrogen (secondary N) is 1. The number of rotatable bonds is 10. The van der Waals surface area contributed by atoms with Gasteiger partial charge in [0.15, 0.2) is 0 Å². The highest BCUT2D eigenvalue weighted by atomic mass is 16.5. The Morgan fingerprint density at radius 1 is 1.31 bits per heavy atom. The molecule has 1 aromatic rings. The zero-order valence-electron chi connectivity index (χ0n) is 16.0. The lowest BCUT2D eigenvalue weighted by molar-refractivity contribution is -0.126. The van der Waals surface area contributed by atoms with Gasteiger partial charge in [-0.25, -0.2) is 0 Å². The first kappa shape index (κ1) is 20.4. The molecule has 0 spiro atoms. The first-order chi connectivity index (χ1) is 12.5. The van der Waals surface area contributed by atoms with Crippen molar-refractivity contribution >= 4 is 17.5 Å². The molecule has 0 radical (unpaired) electrons. The molecule has 1 unspecified atom stereocenters. The third kappa shape index (κ3) is 5.81. The first-order valence-corrected chi connectivity index (χ1v) is 9.27. The lowest BCUT2D eigenvalue weighted by atomic mass is 10.0. The summed E-state index contributed by atoms with van der Waals surface area (Å²) in [4.78, 5) is 26.4. The van der Waals surface area contributed by atoms with Crippen molar-refractivity contribution in [1.29, 1.82) is 0 Å². The van der Waals surface area contributed by atoms with E-state index in [0.29, 0.717) is 38.8 Å². The summed E-state index contributed by atoms with van der Waals surface area (Å²) < 4.78 is 10.3. The monoisotopic (exact) mass is 362 g/mol. The third-order valence-corrected chi connectivity index (χ3v) is 4.54. The zero-order chi connectivity index (χ0) is 18.9. The molecule has 6 heteroatoms. The topological polar surface area (TPSA) is 67.9 Å². The largest absolute Gasteiger partial charge is 0.382 e. The molecule has 1 N–H and O–H groups in total. The maximum atomic E-state index is 12.4. The van der Waals surface area contributed by atoms with Crippen molar-refractivity contribution in [2.24, 2.45) is 5.92 Å². The fourth-order valence-corrected chi connectivity index (χ4v) is 2.96. The molecule has 144 valence electrons. The molecule has 0 aromatic heterocycles. The van der Waals surface area contributed by atoms with Crippen LogP contribution >= 0.6 is 0 Å². The van der Waals surface area contributed by atoms with Gasteiger partial charge in [-0.15, -0.1) is 0 Å². The third-order valence-electron chi connectivity index (χ3n) is 4.54. The second-order valence-electron chi connectivity index (χ2n) is 6.90. The van der Waals surface area contributed by atoms with E-state index in [0.717, 1.165) is 12.1 Å². The number of carbonyl (C=O) groups is 2. The van der Waals surface area contributed by atoms with Gasteiger partial charge in [-0.2, -0.15) is 0 Å². The van der Waals surface area contributed by atoms with Crippen LogP contribution in [0.2, 0.25) is 0 Å². The van der Waals surface area contributed by atoms with E-state index in [9.17, 15) is 9.59 Å². The quantitative estimate of drug-likeness (QED) is 0.649. The number of carbonyl (C=O) groups excluding carboxylic acids is 2. The maximum Gasteiger partial charge on any atom is 0.227 e. The van der Waals surface area contributed by atoms with Crippen molar-refractivity contribution in [2.75, 3.05) is 44.9 Å². The van der Waals surface area contributed by atoms with E-state index in [-0.39, 0.29) is 24.2 Å². The maximum absolute atomic E-state index is 12.4. The average molecular weight is 362 g/mol. The fraction of sp³-hybridized carbons (Fsp3) is 0.600. The van der Waals surface area contributed by atoms with Gasteiger partial charge in [-0.05, 0) is 30.0 Å². The van der Waals surface area contributed by atoms with Crippen LogP contribution in [0.3, 0.4) is 0 Å². The number of benzene rings is 1. The molecule has 2 amide bonds. The minimum atomic E-state index is -0.292. The van der Waals surface area contributed by atoms with Gasteiger partial charge in [0.05, 0.1) is 19.1 Å². The highest BCUT2D eigenvalue weighted by molar-refractivity contribution is 6.00. The van der Waals surface area contributed by atoms with Crippen molar-refractivity contribution in [3.63, 3.8) is 0 Å². The molecular formula is C20H30N2O4. The highest BCUT2D eigenvalue weighted by Crippen LogP contribution is 2.27. The number of hydrogen-bond acceptors (Lipinski definition) is 4. The number of anilines is 1. The highest BCUT2D eigenvalue weighted by Gasteiger charge is 2.35. The summed E-state index contributed by atoms with van der Waals surface area (Å²) in [6, 6.07) is 8.00. The lowest BCUT2D eigenvalue weighted by Crippen LogP contribution is -2.33. The summed E-state index contributed by atoms with van der Waals surface area (Å²) in [6.07, 6.45) is 1.01. The Kier molecular flexibility index (Phi) is 8.06. The molecule has 6 nitrogen and oxygen atoms in total. The fourth-order valence-electron chi connectivity index (χ4n) is 2.96. The van der Waals surface area contributed by atoms with E-state index in [4.69, 9.17) is 9.47 Å². The Morgan fingerprint density at radius 2 is 2.12 bits per heavy atom. The minimum Gasteiger partial charge on any atom is -0.382 e. The van der Waals surface area contributed by atoms with Crippen LogP contribution in [0.1, 0.15) is 38.2 Å². The van der Waals surface area contributed by atoms with E-state index in [2.05, 4.69) is 25.2 Å². The Balaban J connectivity index is 1.79. The van der Waals surface area contributed by atoms with Gasteiger partial charge in [-0.3, -0.25) is 9.59 Å². The summed E-state index contributed by atoms with van der Waals surface area (Å²) in [5.41, 5.74) is 2.07. The summed E-state index contributed by atoms with van der Waals surface area (Å²) >= 11 is 0. The molecule has 1 atom stereocenters. The van der Waals surface area contributed by atoms with E-state index < -0.39 is 0 Å². The summed E-state index contributed by atoms with van der Waals surface area (Å²) in [5, 5.41) is 2.91. The van der Waals surface area contributed by atoms with E-state index in [1.165, 1.54) is 5.56 Å². The molecule has 0 saturated carbocycles. The number of methoxy groups -OCH3 is 1. The van der Waals surface area contributed by atoms with E-state index >= 15 is 0 Å². The second kappa shape index (κ2) is 10.3. The summed E-state index contributed by atoms with van der Waals surface area (Å²) in [6.45, 7) is 6.97. The van der Waals surface area contributed by atoms with Gasteiger partial charge >= 0.3 is 0 Å². The van der Waals surface area contributed by atoms with Gasteiger partial charge in [0.2, 0.25) is 11.8 Å². The van der Waals surface area contributed by atoms with Gasteiger partial charge in [0.1, 0.15) is 0 Å².